The summed E-state index contributed by atoms with van der Waals surface area (Å²) < 4.78 is 0. The molecule has 0 bridgehead atoms. The number of piperazine rings is 1. The Kier molecular flexibility index (Phi) is 4.50. The van der Waals surface area contributed by atoms with Gasteiger partial charge >= 0.3 is 0 Å². The lowest BCUT2D eigenvalue weighted by Gasteiger charge is -2.51. The van der Waals surface area contributed by atoms with Gasteiger partial charge in [-0.15, -0.1) is 0 Å². The van der Waals surface area contributed by atoms with Crippen LogP contribution < -0.4 is 5.32 Å². The molecule has 2 rings (SSSR count). The minimum Gasteiger partial charge on any atom is -0.309 e. The van der Waals surface area contributed by atoms with Crippen LogP contribution in [0.2, 0.25) is 0 Å². The van der Waals surface area contributed by atoms with Crippen LogP contribution in [0.3, 0.4) is 0 Å². The fourth-order valence-corrected chi connectivity index (χ4v) is 3.38. The molecule has 3 unspecified atom stereocenters. The van der Waals surface area contributed by atoms with Crippen molar-refractivity contribution in [1.82, 2.24) is 10.2 Å². The summed E-state index contributed by atoms with van der Waals surface area (Å²) >= 11 is 0. The Morgan fingerprint density at radius 1 is 1.39 bits per heavy atom. The summed E-state index contributed by atoms with van der Waals surface area (Å²) in [5.74, 6) is 0.741. The quantitative estimate of drug-likeness (QED) is 0.774. The van der Waals surface area contributed by atoms with Crippen LogP contribution in [0.15, 0.2) is 12.2 Å². The van der Waals surface area contributed by atoms with Gasteiger partial charge in [0.1, 0.15) is 0 Å². The summed E-state index contributed by atoms with van der Waals surface area (Å²) in [6, 6.07) is 1.48. The van der Waals surface area contributed by atoms with E-state index in [1.54, 1.807) is 0 Å². The summed E-state index contributed by atoms with van der Waals surface area (Å²) in [7, 11) is 0. The van der Waals surface area contributed by atoms with Gasteiger partial charge < -0.3 is 5.32 Å². The molecule has 1 N–H and O–H groups in total. The van der Waals surface area contributed by atoms with Crippen molar-refractivity contribution in [2.75, 3.05) is 13.1 Å². The van der Waals surface area contributed by atoms with Gasteiger partial charge in [0.15, 0.2) is 0 Å². The predicted octanol–water partition coefficient (Wildman–Crippen LogP) is 3.19. The van der Waals surface area contributed by atoms with Crippen molar-refractivity contribution >= 4 is 0 Å². The van der Waals surface area contributed by atoms with Crippen LogP contribution >= 0.6 is 0 Å². The molecule has 2 aliphatic rings. The second-order valence-electron chi connectivity index (χ2n) is 6.72. The van der Waals surface area contributed by atoms with Gasteiger partial charge in [0.2, 0.25) is 0 Å². The van der Waals surface area contributed by atoms with Crippen molar-refractivity contribution in [3.63, 3.8) is 0 Å². The van der Waals surface area contributed by atoms with Gasteiger partial charge in [-0.05, 0) is 38.5 Å². The summed E-state index contributed by atoms with van der Waals surface area (Å²) in [5.41, 5.74) is 0.312. The van der Waals surface area contributed by atoms with E-state index in [0.717, 1.165) is 18.5 Å². The summed E-state index contributed by atoms with van der Waals surface area (Å²) in [6.07, 6.45) is 9.82. The fraction of sp³-hybridized carbons (Fsp3) is 0.875. The Balaban J connectivity index is 2.11. The highest BCUT2D eigenvalue weighted by atomic mass is 15.3. The molecule has 0 spiro atoms. The predicted molar refractivity (Wildman–Crippen MR) is 78.8 cm³/mol. The second kappa shape index (κ2) is 5.75. The smallest absolute Gasteiger partial charge is 0.0278 e. The van der Waals surface area contributed by atoms with Gasteiger partial charge in [0, 0.05) is 30.7 Å². The molecule has 0 aromatic heterocycles. The van der Waals surface area contributed by atoms with Gasteiger partial charge in [-0.3, -0.25) is 4.90 Å². The van der Waals surface area contributed by atoms with Gasteiger partial charge in [-0.25, -0.2) is 0 Å². The van der Waals surface area contributed by atoms with Crippen molar-refractivity contribution in [3.8, 4) is 0 Å². The van der Waals surface area contributed by atoms with E-state index >= 15 is 0 Å². The zero-order chi connectivity index (χ0) is 13.2. The largest absolute Gasteiger partial charge is 0.309 e. The molecule has 1 fully saturated rings. The second-order valence-corrected chi connectivity index (χ2v) is 6.72. The van der Waals surface area contributed by atoms with Crippen LogP contribution in [-0.2, 0) is 0 Å². The van der Waals surface area contributed by atoms with Crippen LogP contribution in [0.1, 0.15) is 53.4 Å². The lowest BCUT2D eigenvalue weighted by atomic mass is 9.86. The number of nitrogens with one attached hydrogen (secondary N) is 1. The maximum Gasteiger partial charge on any atom is 0.0278 e. The number of nitrogens with zero attached hydrogens (tertiary/aromatic N) is 1. The van der Waals surface area contributed by atoms with E-state index < -0.39 is 0 Å². The molecular formula is C16H30N2. The maximum absolute atomic E-state index is 3.79. The minimum atomic E-state index is 0.312. The van der Waals surface area contributed by atoms with Crippen LogP contribution in [0.25, 0.3) is 0 Å². The van der Waals surface area contributed by atoms with Crippen LogP contribution in [0.4, 0.5) is 0 Å². The molecule has 1 saturated heterocycles. The standard InChI is InChI=1S/C16H30N2/c1-5-16(4)12-18(14-9-7-6-8-10-14)15(11-17-16)13(2)3/h6-7,13-15,17H,5,8-12H2,1-4H3. The number of allylic oxidation sites excluding steroid dienone is 1. The third-order valence-corrected chi connectivity index (χ3v) is 4.96. The molecule has 2 nitrogen and oxygen atoms in total. The van der Waals surface area contributed by atoms with Crippen LogP contribution in [-0.4, -0.2) is 35.6 Å². The zero-order valence-corrected chi connectivity index (χ0v) is 12.6. The molecule has 0 saturated carbocycles. The zero-order valence-electron chi connectivity index (χ0n) is 12.6. The van der Waals surface area contributed by atoms with E-state index in [2.05, 4.69) is 50.1 Å². The van der Waals surface area contributed by atoms with E-state index in [9.17, 15) is 0 Å². The molecule has 0 radical (unpaired) electrons. The van der Waals surface area contributed by atoms with E-state index in [1.807, 2.05) is 0 Å². The lowest BCUT2D eigenvalue weighted by Crippen LogP contribution is -2.66. The van der Waals surface area contributed by atoms with Crippen LogP contribution in [0.5, 0.6) is 0 Å². The van der Waals surface area contributed by atoms with Crippen molar-refractivity contribution in [2.45, 2.75) is 71.0 Å². The molecule has 1 aliphatic carbocycles. The van der Waals surface area contributed by atoms with Gasteiger partial charge in [0.25, 0.3) is 0 Å². The molecular weight excluding hydrogens is 220 g/mol. The van der Waals surface area contributed by atoms with E-state index in [4.69, 9.17) is 0 Å². The highest BCUT2D eigenvalue weighted by Gasteiger charge is 2.38. The molecule has 1 aliphatic heterocycles. The third-order valence-electron chi connectivity index (χ3n) is 4.96. The fourth-order valence-electron chi connectivity index (χ4n) is 3.38. The molecule has 0 aromatic rings. The number of hydrogen-bond acceptors (Lipinski definition) is 2. The van der Waals surface area contributed by atoms with Crippen molar-refractivity contribution in [3.05, 3.63) is 12.2 Å². The van der Waals surface area contributed by atoms with Gasteiger partial charge in [-0.2, -0.15) is 0 Å². The average molecular weight is 250 g/mol. The molecule has 1 heterocycles. The highest BCUT2D eigenvalue weighted by molar-refractivity contribution is 5.01. The first-order valence-electron chi connectivity index (χ1n) is 7.71. The molecule has 3 atom stereocenters. The third kappa shape index (κ3) is 2.97. The normalized spacial score (nSPS) is 38.3. The Hall–Kier alpha value is -0.340. The number of rotatable bonds is 3. The van der Waals surface area contributed by atoms with Crippen molar-refractivity contribution < 1.29 is 0 Å². The van der Waals surface area contributed by atoms with E-state index in [0.29, 0.717) is 11.6 Å². The summed E-state index contributed by atoms with van der Waals surface area (Å²) in [5, 5.41) is 3.79. The van der Waals surface area contributed by atoms with E-state index in [1.165, 1.54) is 32.2 Å². The Morgan fingerprint density at radius 2 is 2.17 bits per heavy atom. The monoisotopic (exact) mass is 250 g/mol. The highest BCUT2D eigenvalue weighted by Crippen LogP contribution is 2.29. The number of hydrogen-bond donors (Lipinski definition) is 1. The molecule has 18 heavy (non-hydrogen) atoms. The first-order valence-corrected chi connectivity index (χ1v) is 7.71. The topological polar surface area (TPSA) is 15.3 Å². The molecule has 0 amide bonds. The SMILES string of the molecule is CCC1(C)CN(C2CC=CCC2)C(C(C)C)CN1. The summed E-state index contributed by atoms with van der Waals surface area (Å²) in [6.45, 7) is 11.8. The van der Waals surface area contributed by atoms with E-state index in [-0.39, 0.29) is 0 Å². The first kappa shape index (κ1) is 14.1. The van der Waals surface area contributed by atoms with Gasteiger partial charge in [0.05, 0.1) is 0 Å². The average Bonchev–Trinajstić information content (AvgIpc) is 2.39. The Labute approximate surface area is 113 Å². The molecule has 0 aromatic carbocycles. The molecule has 104 valence electrons. The Bertz CT molecular complexity index is 297. The van der Waals surface area contributed by atoms with Crippen molar-refractivity contribution in [2.24, 2.45) is 5.92 Å². The summed E-state index contributed by atoms with van der Waals surface area (Å²) in [4.78, 5) is 2.81. The lowest BCUT2D eigenvalue weighted by molar-refractivity contribution is 0.0213. The van der Waals surface area contributed by atoms with Crippen molar-refractivity contribution in [1.29, 1.82) is 0 Å². The minimum absolute atomic E-state index is 0.312. The van der Waals surface area contributed by atoms with Crippen LogP contribution in [0, 0.1) is 5.92 Å². The Morgan fingerprint density at radius 3 is 2.72 bits per heavy atom. The molecule has 2 heteroatoms. The first-order chi connectivity index (χ1) is 8.56. The maximum atomic E-state index is 3.79. The van der Waals surface area contributed by atoms with Gasteiger partial charge in [-0.1, -0.05) is 32.9 Å².